The van der Waals surface area contributed by atoms with Gasteiger partial charge in [-0.05, 0) is 11.5 Å². The van der Waals surface area contributed by atoms with Gasteiger partial charge in [0.25, 0.3) is 0 Å². The van der Waals surface area contributed by atoms with Gasteiger partial charge in [-0.2, -0.15) is 0 Å². The summed E-state index contributed by atoms with van der Waals surface area (Å²) in [6.07, 6.45) is 0. The van der Waals surface area contributed by atoms with Crippen LogP contribution in [0.3, 0.4) is 0 Å². The van der Waals surface area contributed by atoms with Gasteiger partial charge in [-0.15, -0.1) is 10.2 Å². The van der Waals surface area contributed by atoms with E-state index in [-0.39, 0.29) is 5.92 Å². The lowest BCUT2D eigenvalue weighted by Crippen LogP contribution is -2.31. The zero-order valence-electron chi connectivity index (χ0n) is 9.66. The molecule has 0 fully saturated rings. The van der Waals surface area contributed by atoms with Crippen molar-refractivity contribution >= 4 is 12.6 Å². The molecule has 88 valence electrons. The van der Waals surface area contributed by atoms with Crippen LogP contribution in [0.2, 0.25) is 0 Å². The van der Waals surface area contributed by atoms with Crippen molar-refractivity contribution in [1.29, 1.82) is 0 Å². The molecule has 1 aromatic carbocycles. The minimum absolute atomic E-state index is 0.141. The molecule has 17 heavy (non-hydrogen) atoms. The van der Waals surface area contributed by atoms with Crippen LogP contribution in [-0.2, 0) is 0 Å². The molecular formula is C11H13BN2O3. The molecule has 0 aliphatic rings. The van der Waals surface area contributed by atoms with E-state index in [4.69, 9.17) is 4.42 Å². The number of nitrogens with zero attached hydrogens (tertiary/aromatic N) is 2. The fourth-order valence-corrected chi connectivity index (χ4v) is 1.49. The largest absolute Gasteiger partial charge is 0.489 e. The van der Waals surface area contributed by atoms with Gasteiger partial charge < -0.3 is 14.5 Å². The van der Waals surface area contributed by atoms with E-state index in [0.29, 0.717) is 22.8 Å². The highest BCUT2D eigenvalue weighted by atomic mass is 16.4. The van der Waals surface area contributed by atoms with E-state index in [1.807, 2.05) is 13.8 Å². The summed E-state index contributed by atoms with van der Waals surface area (Å²) in [7, 11) is -1.56. The second-order valence-electron chi connectivity index (χ2n) is 4.06. The van der Waals surface area contributed by atoms with E-state index in [1.54, 1.807) is 24.3 Å². The quantitative estimate of drug-likeness (QED) is 0.755. The monoisotopic (exact) mass is 232 g/mol. The molecule has 0 saturated carbocycles. The lowest BCUT2D eigenvalue weighted by molar-refractivity contribution is 0.425. The van der Waals surface area contributed by atoms with Gasteiger partial charge >= 0.3 is 7.12 Å². The Kier molecular flexibility index (Phi) is 3.26. The average Bonchev–Trinajstić information content (AvgIpc) is 2.78. The Morgan fingerprint density at radius 3 is 2.47 bits per heavy atom. The Hall–Kier alpha value is -1.66. The first-order valence-corrected chi connectivity index (χ1v) is 5.38. The molecule has 0 atom stereocenters. The van der Waals surface area contributed by atoms with Gasteiger partial charge in [0.2, 0.25) is 11.8 Å². The standard InChI is InChI=1S/C11H13BN2O3/c1-7(2)10-13-14-11(17-10)8-5-3-4-6-9(8)12(15)16/h3-7,15-16H,1-2H3. The average molecular weight is 232 g/mol. The Morgan fingerprint density at radius 2 is 1.88 bits per heavy atom. The van der Waals surface area contributed by atoms with Crippen LogP contribution in [0.1, 0.15) is 25.7 Å². The summed E-state index contributed by atoms with van der Waals surface area (Å²) < 4.78 is 5.48. The van der Waals surface area contributed by atoms with Crippen molar-refractivity contribution in [3.63, 3.8) is 0 Å². The van der Waals surface area contributed by atoms with E-state index in [1.165, 1.54) is 0 Å². The molecule has 0 unspecified atom stereocenters. The minimum Gasteiger partial charge on any atom is -0.423 e. The summed E-state index contributed by atoms with van der Waals surface area (Å²) in [5.74, 6) is 0.974. The smallest absolute Gasteiger partial charge is 0.423 e. The van der Waals surface area contributed by atoms with Crippen molar-refractivity contribution in [2.24, 2.45) is 0 Å². The molecule has 0 spiro atoms. The minimum atomic E-state index is -1.56. The SMILES string of the molecule is CC(C)c1nnc(-c2ccccc2B(O)O)o1. The number of aromatic nitrogens is 2. The van der Waals surface area contributed by atoms with Gasteiger partial charge in [0, 0.05) is 11.5 Å². The highest BCUT2D eigenvalue weighted by Gasteiger charge is 2.20. The van der Waals surface area contributed by atoms with Crippen LogP contribution in [0, 0.1) is 0 Å². The van der Waals surface area contributed by atoms with Crippen LogP contribution in [0.15, 0.2) is 28.7 Å². The van der Waals surface area contributed by atoms with Crippen molar-refractivity contribution < 1.29 is 14.5 Å². The number of hydrogen-bond acceptors (Lipinski definition) is 5. The second-order valence-corrected chi connectivity index (χ2v) is 4.06. The highest BCUT2D eigenvalue weighted by molar-refractivity contribution is 6.60. The van der Waals surface area contributed by atoms with Crippen molar-refractivity contribution in [2.75, 3.05) is 0 Å². The first-order chi connectivity index (χ1) is 8.09. The first-order valence-electron chi connectivity index (χ1n) is 5.38. The van der Waals surface area contributed by atoms with Crippen LogP contribution in [0.5, 0.6) is 0 Å². The zero-order chi connectivity index (χ0) is 12.4. The number of hydrogen-bond donors (Lipinski definition) is 2. The van der Waals surface area contributed by atoms with E-state index in [9.17, 15) is 10.0 Å². The first kappa shape index (κ1) is 11.8. The third kappa shape index (κ3) is 2.37. The third-order valence-corrected chi connectivity index (χ3v) is 2.40. The molecule has 2 aromatic rings. The molecule has 0 amide bonds. The Labute approximate surface area is 99.3 Å². The maximum atomic E-state index is 9.25. The van der Waals surface area contributed by atoms with Crippen LogP contribution < -0.4 is 5.46 Å². The molecule has 1 heterocycles. The third-order valence-electron chi connectivity index (χ3n) is 2.40. The van der Waals surface area contributed by atoms with Gasteiger partial charge in [0.1, 0.15) is 0 Å². The summed E-state index contributed by atoms with van der Waals surface area (Å²) >= 11 is 0. The molecule has 6 heteroatoms. The summed E-state index contributed by atoms with van der Waals surface area (Å²) in [6.45, 7) is 3.90. The van der Waals surface area contributed by atoms with E-state index >= 15 is 0 Å². The molecule has 5 nitrogen and oxygen atoms in total. The van der Waals surface area contributed by atoms with E-state index in [2.05, 4.69) is 10.2 Å². The number of rotatable bonds is 3. The Balaban J connectivity index is 2.45. The molecule has 0 radical (unpaired) electrons. The van der Waals surface area contributed by atoms with Gasteiger partial charge in [0.15, 0.2) is 0 Å². The fraction of sp³-hybridized carbons (Fsp3) is 0.273. The van der Waals surface area contributed by atoms with Crippen LogP contribution in [0.25, 0.3) is 11.5 Å². The fourth-order valence-electron chi connectivity index (χ4n) is 1.49. The topological polar surface area (TPSA) is 79.4 Å². The predicted molar refractivity (Wildman–Crippen MR) is 63.6 cm³/mol. The lowest BCUT2D eigenvalue weighted by atomic mass is 9.77. The number of benzene rings is 1. The van der Waals surface area contributed by atoms with E-state index < -0.39 is 7.12 Å². The second kappa shape index (κ2) is 4.69. The van der Waals surface area contributed by atoms with Crippen LogP contribution in [0.4, 0.5) is 0 Å². The molecule has 1 aromatic heterocycles. The Bertz CT molecular complexity index is 511. The Morgan fingerprint density at radius 1 is 1.18 bits per heavy atom. The molecule has 0 saturated heterocycles. The normalized spacial score (nSPS) is 10.9. The maximum absolute atomic E-state index is 9.25. The van der Waals surface area contributed by atoms with Crippen molar-refractivity contribution in [2.45, 2.75) is 19.8 Å². The summed E-state index contributed by atoms with van der Waals surface area (Å²) in [5, 5.41) is 26.3. The summed E-state index contributed by atoms with van der Waals surface area (Å²) in [6, 6.07) is 6.82. The maximum Gasteiger partial charge on any atom is 0.489 e. The predicted octanol–water partition coefficient (Wildman–Crippen LogP) is 0.540. The lowest BCUT2D eigenvalue weighted by Gasteiger charge is -2.04. The van der Waals surface area contributed by atoms with E-state index in [0.717, 1.165) is 0 Å². The zero-order valence-corrected chi connectivity index (χ0v) is 9.66. The van der Waals surface area contributed by atoms with Gasteiger partial charge in [-0.3, -0.25) is 0 Å². The molecule has 2 rings (SSSR count). The van der Waals surface area contributed by atoms with Crippen LogP contribution in [-0.4, -0.2) is 27.4 Å². The molecule has 2 N–H and O–H groups in total. The summed E-state index contributed by atoms with van der Waals surface area (Å²) in [4.78, 5) is 0. The highest BCUT2D eigenvalue weighted by Crippen LogP contribution is 2.19. The molecular weight excluding hydrogens is 219 g/mol. The van der Waals surface area contributed by atoms with Gasteiger partial charge in [-0.25, -0.2) is 0 Å². The van der Waals surface area contributed by atoms with Gasteiger partial charge in [0.05, 0.1) is 0 Å². The van der Waals surface area contributed by atoms with Crippen molar-refractivity contribution in [1.82, 2.24) is 10.2 Å². The van der Waals surface area contributed by atoms with Crippen molar-refractivity contribution in [3.05, 3.63) is 30.2 Å². The van der Waals surface area contributed by atoms with Crippen LogP contribution >= 0.6 is 0 Å². The molecule has 0 aliphatic heterocycles. The molecule has 0 bridgehead atoms. The molecule has 0 aliphatic carbocycles. The van der Waals surface area contributed by atoms with Crippen molar-refractivity contribution in [3.8, 4) is 11.5 Å². The van der Waals surface area contributed by atoms with Gasteiger partial charge in [-0.1, -0.05) is 32.0 Å². The summed E-state index contributed by atoms with van der Waals surface area (Å²) in [5.41, 5.74) is 0.897.